The van der Waals surface area contributed by atoms with Gasteiger partial charge in [-0.25, -0.2) is 5.43 Å². The standard InChI is InChI=1S/C19H23N3O2/c1-22(2)17-10-6-16(7-11-17)14-20-21-19(24)5-3-4-15-8-12-18(23)13-9-15/h6-14,23H,3-5H2,1-2H3,(H,21,24)/b20-14+. The summed E-state index contributed by atoms with van der Waals surface area (Å²) in [6.45, 7) is 0. The van der Waals surface area contributed by atoms with Crippen LogP contribution in [-0.4, -0.2) is 31.3 Å². The number of aryl methyl sites for hydroxylation is 1. The van der Waals surface area contributed by atoms with Gasteiger partial charge in [-0.2, -0.15) is 5.10 Å². The molecular formula is C19H23N3O2. The van der Waals surface area contributed by atoms with Crippen molar-refractivity contribution in [3.05, 3.63) is 59.7 Å². The number of hydrogen-bond donors (Lipinski definition) is 2. The fourth-order valence-corrected chi connectivity index (χ4v) is 2.21. The van der Waals surface area contributed by atoms with Gasteiger partial charge < -0.3 is 10.0 Å². The number of benzene rings is 2. The predicted octanol–water partition coefficient (Wildman–Crippen LogP) is 2.93. The number of nitrogens with one attached hydrogen (secondary N) is 1. The highest BCUT2D eigenvalue weighted by Crippen LogP contribution is 2.12. The number of amides is 1. The zero-order valence-corrected chi connectivity index (χ0v) is 14.1. The van der Waals surface area contributed by atoms with E-state index in [4.69, 9.17) is 0 Å². The van der Waals surface area contributed by atoms with E-state index in [1.165, 1.54) is 0 Å². The number of nitrogens with zero attached hydrogens (tertiary/aromatic N) is 2. The third kappa shape index (κ3) is 5.76. The van der Waals surface area contributed by atoms with Crippen LogP contribution >= 0.6 is 0 Å². The van der Waals surface area contributed by atoms with Gasteiger partial charge in [0.1, 0.15) is 5.75 Å². The van der Waals surface area contributed by atoms with Crippen LogP contribution in [0.4, 0.5) is 5.69 Å². The van der Waals surface area contributed by atoms with Crippen LogP contribution in [0.15, 0.2) is 53.6 Å². The van der Waals surface area contributed by atoms with E-state index in [0.717, 1.165) is 29.7 Å². The molecule has 126 valence electrons. The molecule has 2 N–H and O–H groups in total. The van der Waals surface area contributed by atoms with Gasteiger partial charge >= 0.3 is 0 Å². The van der Waals surface area contributed by atoms with Gasteiger partial charge in [0.25, 0.3) is 0 Å². The fourth-order valence-electron chi connectivity index (χ4n) is 2.21. The van der Waals surface area contributed by atoms with Crippen molar-refractivity contribution >= 4 is 17.8 Å². The molecule has 2 aromatic carbocycles. The monoisotopic (exact) mass is 325 g/mol. The molecule has 5 heteroatoms. The molecule has 0 saturated carbocycles. The zero-order chi connectivity index (χ0) is 17.4. The lowest BCUT2D eigenvalue weighted by Gasteiger charge is -2.11. The number of carbonyl (C=O) groups excluding carboxylic acids is 1. The number of aromatic hydroxyl groups is 1. The van der Waals surface area contributed by atoms with Crippen molar-refractivity contribution in [1.29, 1.82) is 0 Å². The Bertz CT molecular complexity index is 677. The molecule has 0 aromatic heterocycles. The van der Waals surface area contributed by atoms with Crippen molar-refractivity contribution in [2.75, 3.05) is 19.0 Å². The maximum absolute atomic E-state index is 11.7. The molecule has 0 spiro atoms. The summed E-state index contributed by atoms with van der Waals surface area (Å²) in [4.78, 5) is 13.8. The summed E-state index contributed by atoms with van der Waals surface area (Å²) < 4.78 is 0. The second kappa shape index (κ2) is 8.72. The van der Waals surface area contributed by atoms with Gasteiger partial charge in [0, 0.05) is 26.2 Å². The molecule has 0 aliphatic heterocycles. The van der Waals surface area contributed by atoms with Crippen molar-refractivity contribution in [2.24, 2.45) is 5.10 Å². The van der Waals surface area contributed by atoms with Crippen molar-refractivity contribution < 1.29 is 9.90 Å². The van der Waals surface area contributed by atoms with Crippen molar-refractivity contribution in [3.8, 4) is 5.75 Å². The van der Waals surface area contributed by atoms with Gasteiger partial charge in [-0.15, -0.1) is 0 Å². The third-order valence-corrected chi connectivity index (χ3v) is 3.62. The van der Waals surface area contributed by atoms with E-state index < -0.39 is 0 Å². The van der Waals surface area contributed by atoms with E-state index in [0.29, 0.717) is 6.42 Å². The van der Waals surface area contributed by atoms with E-state index in [9.17, 15) is 9.90 Å². The van der Waals surface area contributed by atoms with Crippen molar-refractivity contribution in [1.82, 2.24) is 5.43 Å². The normalized spacial score (nSPS) is 10.8. The molecule has 0 fully saturated rings. The first-order valence-corrected chi connectivity index (χ1v) is 7.92. The molecule has 0 bridgehead atoms. The Morgan fingerprint density at radius 1 is 1.12 bits per heavy atom. The van der Waals surface area contributed by atoms with Gasteiger partial charge in [-0.3, -0.25) is 4.79 Å². The Kier molecular flexibility index (Phi) is 6.37. The number of hydrogen-bond acceptors (Lipinski definition) is 4. The van der Waals surface area contributed by atoms with Crippen LogP contribution < -0.4 is 10.3 Å². The van der Waals surface area contributed by atoms with Crippen molar-refractivity contribution in [2.45, 2.75) is 19.3 Å². The van der Waals surface area contributed by atoms with Gasteiger partial charge in [0.05, 0.1) is 6.21 Å². The first-order valence-electron chi connectivity index (χ1n) is 7.92. The van der Waals surface area contributed by atoms with Gasteiger partial charge in [-0.05, 0) is 48.2 Å². The number of anilines is 1. The first kappa shape index (κ1) is 17.5. The average molecular weight is 325 g/mol. The van der Waals surface area contributed by atoms with Crippen LogP contribution in [0.1, 0.15) is 24.0 Å². The number of phenols is 1. The van der Waals surface area contributed by atoms with Crippen LogP contribution in [0.5, 0.6) is 5.75 Å². The summed E-state index contributed by atoms with van der Waals surface area (Å²) in [6.07, 6.45) is 3.59. The Balaban J connectivity index is 1.71. The molecule has 0 aliphatic carbocycles. The number of phenolic OH excluding ortho intramolecular Hbond substituents is 1. The van der Waals surface area contributed by atoms with Crippen LogP contribution in [-0.2, 0) is 11.2 Å². The van der Waals surface area contributed by atoms with Crippen LogP contribution in [0.25, 0.3) is 0 Å². The number of rotatable bonds is 7. The lowest BCUT2D eigenvalue weighted by Crippen LogP contribution is -2.17. The Morgan fingerprint density at radius 3 is 2.42 bits per heavy atom. The van der Waals surface area contributed by atoms with E-state index in [1.54, 1.807) is 18.3 Å². The molecule has 0 atom stereocenters. The number of carbonyl (C=O) groups is 1. The van der Waals surface area contributed by atoms with E-state index >= 15 is 0 Å². The maximum atomic E-state index is 11.7. The summed E-state index contributed by atoms with van der Waals surface area (Å²) >= 11 is 0. The SMILES string of the molecule is CN(C)c1ccc(/C=N/NC(=O)CCCc2ccc(O)cc2)cc1. The van der Waals surface area contributed by atoms with Gasteiger partial charge in [-0.1, -0.05) is 24.3 Å². The van der Waals surface area contributed by atoms with Crippen LogP contribution in [0, 0.1) is 0 Å². The first-order chi connectivity index (χ1) is 11.5. The zero-order valence-electron chi connectivity index (χ0n) is 14.1. The minimum atomic E-state index is -0.102. The predicted molar refractivity (Wildman–Crippen MR) is 97.6 cm³/mol. The minimum Gasteiger partial charge on any atom is -0.508 e. The summed E-state index contributed by atoms with van der Waals surface area (Å²) in [7, 11) is 3.98. The minimum absolute atomic E-state index is 0.102. The molecule has 24 heavy (non-hydrogen) atoms. The topological polar surface area (TPSA) is 64.9 Å². The highest BCUT2D eigenvalue weighted by molar-refractivity contribution is 5.82. The molecule has 5 nitrogen and oxygen atoms in total. The highest BCUT2D eigenvalue weighted by Gasteiger charge is 2.01. The average Bonchev–Trinajstić information content (AvgIpc) is 2.57. The van der Waals surface area contributed by atoms with Crippen LogP contribution in [0.3, 0.4) is 0 Å². The van der Waals surface area contributed by atoms with Gasteiger partial charge in [0.2, 0.25) is 5.91 Å². The Morgan fingerprint density at radius 2 is 1.79 bits per heavy atom. The lowest BCUT2D eigenvalue weighted by atomic mass is 10.1. The summed E-state index contributed by atoms with van der Waals surface area (Å²) in [5, 5.41) is 13.2. The number of hydrazone groups is 1. The maximum Gasteiger partial charge on any atom is 0.240 e. The molecule has 0 saturated heterocycles. The second-order valence-electron chi connectivity index (χ2n) is 5.80. The highest BCUT2D eigenvalue weighted by atomic mass is 16.3. The van der Waals surface area contributed by atoms with E-state index in [1.807, 2.05) is 55.4 Å². The van der Waals surface area contributed by atoms with E-state index in [2.05, 4.69) is 10.5 Å². The quantitative estimate of drug-likeness (QED) is 0.608. The lowest BCUT2D eigenvalue weighted by molar-refractivity contribution is -0.121. The molecule has 0 unspecified atom stereocenters. The molecule has 1 amide bonds. The summed E-state index contributed by atoms with van der Waals surface area (Å²) in [5.74, 6) is 0.152. The smallest absolute Gasteiger partial charge is 0.240 e. The molecule has 2 rings (SSSR count). The molecule has 0 radical (unpaired) electrons. The van der Waals surface area contributed by atoms with E-state index in [-0.39, 0.29) is 11.7 Å². The third-order valence-electron chi connectivity index (χ3n) is 3.62. The molecule has 0 aliphatic rings. The Hall–Kier alpha value is -2.82. The van der Waals surface area contributed by atoms with Gasteiger partial charge in [0.15, 0.2) is 0 Å². The largest absolute Gasteiger partial charge is 0.508 e. The molecule has 2 aromatic rings. The Labute approximate surface area is 142 Å². The summed E-state index contributed by atoms with van der Waals surface area (Å²) in [6, 6.07) is 14.9. The van der Waals surface area contributed by atoms with Crippen molar-refractivity contribution in [3.63, 3.8) is 0 Å². The van der Waals surface area contributed by atoms with Crippen LogP contribution in [0.2, 0.25) is 0 Å². The second-order valence-corrected chi connectivity index (χ2v) is 5.80. The summed E-state index contributed by atoms with van der Waals surface area (Å²) in [5.41, 5.74) is 5.70. The molecule has 0 heterocycles. The molecular weight excluding hydrogens is 302 g/mol. The fraction of sp³-hybridized carbons (Fsp3) is 0.263.